The van der Waals surface area contributed by atoms with Crippen LogP contribution in [-0.4, -0.2) is 37.4 Å². The molecule has 0 unspecified atom stereocenters. The van der Waals surface area contributed by atoms with E-state index in [0.717, 1.165) is 30.4 Å². The summed E-state index contributed by atoms with van der Waals surface area (Å²) in [6.45, 7) is 6.46. The van der Waals surface area contributed by atoms with Crippen molar-refractivity contribution < 1.29 is 14.3 Å². The Morgan fingerprint density at radius 2 is 1.97 bits per heavy atom. The fraction of sp³-hybridized carbons (Fsp3) is 0.478. The molecule has 0 radical (unpaired) electrons. The van der Waals surface area contributed by atoms with Crippen LogP contribution in [0, 0.1) is 10.8 Å². The highest BCUT2D eigenvalue weighted by Crippen LogP contribution is 2.38. The minimum atomic E-state index is -1.08. The van der Waals surface area contributed by atoms with Crippen LogP contribution in [0.5, 0.6) is 11.5 Å². The summed E-state index contributed by atoms with van der Waals surface area (Å²) in [5.74, 6) is 5.40. The maximum Gasteiger partial charge on any atom is 0.322 e. The van der Waals surface area contributed by atoms with Crippen molar-refractivity contribution in [3.05, 3.63) is 50.7 Å². The molecule has 11 nitrogen and oxygen atoms in total. The number of nitroso groups, excluding NO2 is 1. The molecule has 0 aliphatic carbocycles. The van der Waals surface area contributed by atoms with E-state index in [4.69, 9.17) is 15.3 Å². The third kappa shape index (κ3) is 5.59. The number of ether oxygens (including phenoxy) is 2. The number of methoxy groups -OCH3 is 1. The van der Waals surface area contributed by atoms with Crippen molar-refractivity contribution in [1.82, 2.24) is 4.68 Å². The zero-order chi connectivity index (χ0) is 24.7. The van der Waals surface area contributed by atoms with Crippen LogP contribution in [0.25, 0.3) is 11.3 Å². The van der Waals surface area contributed by atoms with Crippen LogP contribution in [0.1, 0.15) is 49.0 Å². The smallest absolute Gasteiger partial charge is 0.322 e. The van der Waals surface area contributed by atoms with Crippen molar-refractivity contribution in [1.29, 1.82) is 0 Å². The van der Waals surface area contributed by atoms with E-state index in [9.17, 15) is 14.5 Å². The fourth-order valence-corrected chi connectivity index (χ4v) is 3.96. The van der Waals surface area contributed by atoms with E-state index < -0.39 is 11.3 Å². The first-order valence-corrected chi connectivity index (χ1v) is 11.2. The van der Waals surface area contributed by atoms with Crippen molar-refractivity contribution in [3.8, 4) is 22.8 Å². The normalized spacial score (nSPS) is 12.5. The number of benzene rings is 1. The van der Waals surface area contributed by atoms with Gasteiger partial charge in [0.25, 0.3) is 0 Å². The average Bonchev–Trinajstić information content (AvgIpc) is 2.82. The van der Waals surface area contributed by atoms with Gasteiger partial charge in [-0.15, -0.1) is 4.91 Å². The van der Waals surface area contributed by atoms with E-state index in [1.54, 1.807) is 11.8 Å². The van der Waals surface area contributed by atoms with Gasteiger partial charge in [-0.2, -0.15) is 5.11 Å². The van der Waals surface area contributed by atoms with Gasteiger partial charge >= 0.3 is 5.91 Å². The highest BCUT2D eigenvalue weighted by Gasteiger charge is 2.26. The second-order valence-electron chi connectivity index (χ2n) is 8.47. The third-order valence-electron chi connectivity index (χ3n) is 5.49. The molecule has 0 spiro atoms. The van der Waals surface area contributed by atoms with Gasteiger partial charge in [0, 0.05) is 29.5 Å². The number of carbonyl (C=O) groups is 1. The first-order chi connectivity index (χ1) is 16.4. The van der Waals surface area contributed by atoms with Crippen molar-refractivity contribution in [2.75, 3.05) is 31.8 Å². The van der Waals surface area contributed by atoms with Crippen molar-refractivity contribution in [2.24, 2.45) is 27.3 Å². The van der Waals surface area contributed by atoms with E-state index >= 15 is 0 Å². The van der Waals surface area contributed by atoms with Gasteiger partial charge in [-0.25, -0.2) is 0 Å². The number of hydrogen-bond donors (Lipinski definition) is 1. The van der Waals surface area contributed by atoms with E-state index in [2.05, 4.69) is 29.4 Å². The lowest BCUT2D eigenvalue weighted by Gasteiger charge is -2.36. The summed E-state index contributed by atoms with van der Waals surface area (Å²) in [6.07, 6.45) is 4.06. The molecule has 2 aromatic rings. The molecule has 2 heterocycles. The van der Waals surface area contributed by atoms with E-state index in [0.29, 0.717) is 49.4 Å². The molecule has 1 aliphatic rings. The Balaban J connectivity index is 1.94. The molecule has 2 N–H and O–H groups in total. The Labute approximate surface area is 197 Å². The molecule has 1 aromatic carbocycles. The number of unbranched alkanes of at least 4 members (excludes halogenated alkanes) is 2. The molecule has 0 fully saturated rings. The molecular weight excluding hydrogens is 440 g/mol. The van der Waals surface area contributed by atoms with Gasteiger partial charge < -0.3 is 20.3 Å². The SMILES string of the molecule is COc1cc2c(cc1OCCCCCN=NN)CN(CC(C)C)n1cc(C(=O)N=O)c(=O)cc1-2. The van der Waals surface area contributed by atoms with Crippen LogP contribution < -0.4 is 25.8 Å². The largest absolute Gasteiger partial charge is 0.493 e. The van der Waals surface area contributed by atoms with Gasteiger partial charge in [0.05, 0.1) is 32.5 Å². The molecule has 3 rings (SSSR count). The summed E-state index contributed by atoms with van der Waals surface area (Å²) in [5, 5.41) is 11.4. The Kier molecular flexibility index (Phi) is 8.34. The molecule has 0 saturated heterocycles. The molecule has 0 saturated carbocycles. The van der Waals surface area contributed by atoms with Crippen LogP contribution in [0.4, 0.5) is 0 Å². The number of nitrogens with two attached hydrogens (primary N) is 1. The summed E-state index contributed by atoms with van der Waals surface area (Å²) in [4.78, 5) is 35.2. The molecule has 34 heavy (non-hydrogen) atoms. The monoisotopic (exact) mass is 470 g/mol. The molecule has 11 heteroatoms. The summed E-state index contributed by atoms with van der Waals surface area (Å²) in [7, 11) is 1.56. The Morgan fingerprint density at radius 1 is 1.18 bits per heavy atom. The third-order valence-corrected chi connectivity index (χ3v) is 5.49. The molecular formula is C23H30N6O5. The predicted molar refractivity (Wildman–Crippen MR) is 128 cm³/mol. The lowest BCUT2D eigenvalue weighted by molar-refractivity contribution is 0.0999. The highest BCUT2D eigenvalue weighted by molar-refractivity contribution is 5.94. The summed E-state index contributed by atoms with van der Waals surface area (Å²) in [6, 6.07) is 5.14. The lowest BCUT2D eigenvalue weighted by Crippen LogP contribution is -2.41. The van der Waals surface area contributed by atoms with Crippen LogP contribution in [0.15, 0.2) is 44.7 Å². The quantitative estimate of drug-likeness (QED) is 0.174. The van der Waals surface area contributed by atoms with E-state index in [1.165, 1.54) is 12.3 Å². The standard InChI is InChI=1S/C23H30N6O5/c1-15(2)12-28-13-16-9-22(34-8-6-4-5-7-25-27-24)21(33-3)10-17(16)19-11-20(30)18(14-29(19)28)23(31)26-32/h9-11,14-15H,4-8,12-13H2,1-3H3,(H2,24,25). The topological polar surface area (TPSA) is 141 Å². The van der Waals surface area contributed by atoms with Crippen molar-refractivity contribution >= 4 is 5.91 Å². The number of amides is 1. The zero-order valence-electron chi connectivity index (χ0n) is 19.7. The first-order valence-electron chi connectivity index (χ1n) is 11.2. The van der Waals surface area contributed by atoms with Crippen LogP contribution >= 0.6 is 0 Å². The van der Waals surface area contributed by atoms with Gasteiger partial charge in [-0.05, 0) is 42.9 Å². The Morgan fingerprint density at radius 3 is 2.65 bits per heavy atom. The number of nitrogens with zero attached hydrogens (tertiary/aromatic N) is 5. The maximum atomic E-state index is 12.6. The van der Waals surface area contributed by atoms with E-state index in [1.807, 2.05) is 17.1 Å². The second kappa shape index (κ2) is 11.4. The molecule has 182 valence electrons. The minimum absolute atomic E-state index is 0.254. The average molecular weight is 471 g/mol. The summed E-state index contributed by atoms with van der Waals surface area (Å²) in [5.41, 5.74) is 1.56. The number of rotatable bonds is 11. The van der Waals surface area contributed by atoms with Crippen LogP contribution in [0.2, 0.25) is 0 Å². The number of aromatic nitrogens is 1. The minimum Gasteiger partial charge on any atom is -0.493 e. The first kappa shape index (κ1) is 24.9. The van der Waals surface area contributed by atoms with Gasteiger partial charge in [-0.1, -0.05) is 19.1 Å². The number of fused-ring (bicyclic) bond motifs is 3. The molecule has 1 aromatic heterocycles. The van der Waals surface area contributed by atoms with Gasteiger partial charge in [0.15, 0.2) is 16.9 Å². The molecule has 1 amide bonds. The summed E-state index contributed by atoms with van der Waals surface area (Å²) >= 11 is 0. The molecule has 0 bridgehead atoms. The van der Waals surface area contributed by atoms with Gasteiger partial charge in [0.2, 0.25) is 0 Å². The number of pyridine rings is 1. The Hall–Kier alpha value is -3.76. The van der Waals surface area contributed by atoms with E-state index in [-0.39, 0.29) is 5.56 Å². The van der Waals surface area contributed by atoms with Crippen molar-refractivity contribution in [3.63, 3.8) is 0 Å². The highest BCUT2D eigenvalue weighted by atomic mass is 16.5. The fourth-order valence-electron chi connectivity index (χ4n) is 3.96. The summed E-state index contributed by atoms with van der Waals surface area (Å²) < 4.78 is 13.3. The van der Waals surface area contributed by atoms with Crippen molar-refractivity contribution in [2.45, 2.75) is 39.7 Å². The van der Waals surface area contributed by atoms with Crippen LogP contribution in [-0.2, 0) is 6.54 Å². The van der Waals surface area contributed by atoms with Gasteiger partial charge in [0.1, 0.15) is 5.56 Å². The van der Waals surface area contributed by atoms with Crippen LogP contribution in [0.3, 0.4) is 0 Å². The second-order valence-corrected chi connectivity index (χ2v) is 8.47. The predicted octanol–water partition coefficient (Wildman–Crippen LogP) is 3.41. The Bertz CT molecular complexity index is 1130. The lowest BCUT2D eigenvalue weighted by atomic mass is 9.99. The number of hydrogen-bond acceptors (Lipinski definition) is 8. The van der Waals surface area contributed by atoms with Gasteiger partial charge in [-0.3, -0.25) is 14.3 Å². The number of carbonyl (C=O) groups excluding carboxylic acids is 1. The maximum absolute atomic E-state index is 12.6. The molecule has 0 atom stereocenters. The molecule has 1 aliphatic heterocycles. The zero-order valence-corrected chi connectivity index (χ0v) is 19.7.